The van der Waals surface area contributed by atoms with Crippen LogP contribution in [0.25, 0.3) is 0 Å². The highest BCUT2D eigenvalue weighted by atomic mass is 16.5. The van der Waals surface area contributed by atoms with Crippen molar-refractivity contribution < 1.29 is 19.1 Å². The van der Waals surface area contributed by atoms with E-state index in [2.05, 4.69) is 10.6 Å². The first-order chi connectivity index (χ1) is 13.1. The van der Waals surface area contributed by atoms with Gasteiger partial charge in [-0.2, -0.15) is 0 Å². The van der Waals surface area contributed by atoms with E-state index in [0.717, 1.165) is 12.8 Å². The fraction of sp³-hybridized carbons (Fsp3) is 0.571. The van der Waals surface area contributed by atoms with E-state index in [0.29, 0.717) is 24.3 Å². The first-order valence-corrected chi connectivity index (χ1v) is 9.97. The molecule has 0 heterocycles. The maximum absolute atomic E-state index is 12.4. The highest BCUT2D eigenvalue weighted by Gasteiger charge is 2.48. The van der Waals surface area contributed by atoms with Crippen molar-refractivity contribution in [3.8, 4) is 0 Å². The number of ether oxygens (including phenoxy) is 1. The van der Waals surface area contributed by atoms with E-state index in [4.69, 9.17) is 4.74 Å². The highest BCUT2D eigenvalue weighted by molar-refractivity contribution is 6.00. The zero-order valence-electron chi connectivity index (χ0n) is 15.8. The van der Waals surface area contributed by atoms with Gasteiger partial charge in [0.25, 0.3) is 0 Å². The molecule has 0 spiro atoms. The summed E-state index contributed by atoms with van der Waals surface area (Å²) >= 11 is 0. The van der Waals surface area contributed by atoms with Gasteiger partial charge in [0.05, 0.1) is 24.0 Å². The summed E-state index contributed by atoms with van der Waals surface area (Å²) in [5.74, 6) is -0.986. The molecule has 3 rings (SSSR count). The second kappa shape index (κ2) is 9.02. The predicted octanol–water partition coefficient (Wildman–Crippen LogP) is 3.28. The second-order valence-electron chi connectivity index (χ2n) is 7.43. The van der Waals surface area contributed by atoms with Gasteiger partial charge in [0.2, 0.25) is 11.8 Å². The Labute approximate surface area is 160 Å². The smallest absolute Gasteiger partial charge is 0.338 e. The van der Waals surface area contributed by atoms with Crippen molar-refractivity contribution in [1.82, 2.24) is 5.32 Å². The topological polar surface area (TPSA) is 84.5 Å². The largest absolute Gasteiger partial charge is 0.462 e. The molecule has 2 atom stereocenters. The van der Waals surface area contributed by atoms with Gasteiger partial charge in [-0.25, -0.2) is 4.79 Å². The number of benzene rings is 1. The molecule has 0 bridgehead atoms. The molecular formula is C21H28N2O4. The van der Waals surface area contributed by atoms with Gasteiger partial charge < -0.3 is 15.4 Å². The Kier molecular flexibility index (Phi) is 6.48. The van der Waals surface area contributed by atoms with E-state index in [9.17, 15) is 14.4 Å². The summed E-state index contributed by atoms with van der Waals surface area (Å²) in [6.45, 7) is 2.08. The molecule has 146 valence electrons. The van der Waals surface area contributed by atoms with E-state index in [1.165, 1.54) is 25.7 Å². The molecule has 0 aliphatic heterocycles. The van der Waals surface area contributed by atoms with Crippen LogP contribution in [0.15, 0.2) is 24.3 Å². The third-order valence-corrected chi connectivity index (χ3v) is 5.33. The first kappa shape index (κ1) is 19.4. The van der Waals surface area contributed by atoms with Gasteiger partial charge in [0.15, 0.2) is 0 Å². The zero-order chi connectivity index (χ0) is 19.2. The molecule has 1 aromatic carbocycles. The zero-order valence-corrected chi connectivity index (χ0v) is 15.8. The fourth-order valence-electron chi connectivity index (χ4n) is 3.65. The van der Waals surface area contributed by atoms with Crippen molar-refractivity contribution in [2.24, 2.45) is 11.8 Å². The quantitative estimate of drug-likeness (QED) is 0.593. The van der Waals surface area contributed by atoms with Gasteiger partial charge in [-0.1, -0.05) is 25.7 Å². The molecule has 2 unspecified atom stereocenters. The van der Waals surface area contributed by atoms with Crippen LogP contribution in [-0.4, -0.2) is 30.4 Å². The van der Waals surface area contributed by atoms with Crippen molar-refractivity contribution in [2.45, 2.75) is 57.9 Å². The number of anilines is 1. The molecule has 2 N–H and O–H groups in total. The normalized spacial score (nSPS) is 22.4. The van der Waals surface area contributed by atoms with Crippen molar-refractivity contribution in [2.75, 3.05) is 11.9 Å². The molecule has 2 saturated carbocycles. The summed E-state index contributed by atoms with van der Waals surface area (Å²) in [6.07, 6.45) is 7.52. The van der Waals surface area contributed by atoms with Crippen LogP contribution in [0.4, 0.5) is 5.69 Å². The van der Waals surface area contributed by atoms with Gasteiger partial charge in [-0.15, -0.1) is 0 Å². The van der Waals surface area contributed by atoms with Crippen LogP contribution in [0.5, 0.6) is 0 Å². The monoisotopic (exact) mass is 372 g/mol. The summed E-state index contributed by atoms with van der Waals surface area (Å²) in [5.41, 5.74) is 1.06. The molecule has 2 fully saturated rings. The number of carbonyl (C=O) groups excluding carboxylic acids is 3. The van der Waals surface area contributed by atoms with Crippen LogP contribution < -0.4 is 10.6 Å². The number of hydrogen-bond acceptors (Lipinski definition) is 4. The van der Waals surface area contributed by atoms with E-state index in [1.54, 1.807) is 31.2 Å². The number of esters is 1. The van der Waals surface area contributed by atoms with Crippen LogP contribution in [0.2, 0.25) is 0 Å². The van der Waals surface area contributed by atoms with E-state index in [-0.39, 0.29) is 35.7 Å². The molecular weight excluding hydrogens is 344 g/mol. The average molecular weight is 372 g/mol. The van der Waals surface area contributed by atoms with Crippen LogP contribution >= 0.6 is 0 Å². The van der Waals surface area contributed by atoms with E-state index in [1.807, 2.05) is 0 Å². The fourth-order valence-corrected chi connectivity index (χ4v) is 3.65. The van der Waals surface area contributed by atoms with E-state index < -0.39 is 0 Å². The third-order valence-electron chi connectivity index (χ3n) is 5.33. The van der Waals surface area contributed by atoms with Crippen molar-refractivity contribution in [1.29, 1.82) is 0 Å². The lowest BCUT2D eigenvalue weighted by Gasteiger charge is -2.16. The second-order valence-corrected chi connectivity index (χ2v) is 7.43. The molecule has 0 radical (unpaired) electrons. The van der Waals surface area contributed by atoms with Crippen LogP contribution in [-0.2, 0) is 14.3 Å². The Balaban J connectivity index is 1.46. The molecule has 0 saturated heterocycles. The molecule has 6 heteroatoms. The van der Waals surface area contributed by atoms with Gasteiger partial charge in [-0.3, -0.25) is 9.59 Å². The van der Waals surface area contributed by atoms with Crippen LogP contribution in [0.1, 0.15) is 62.2 Å². The molecule has 0 aromatic heterocycles. The molecule has 1 aromatic rings. The molecule has 2 aliphatic carbocycles. The summed E-state index contributed by atoms with van der Waals surface area (Å²) in [5, 5.41) is 5.96. The lowest BCUT2D eigenvalue weighted by Crippen LogP contribution is -2.36. The number of hydrogen-bond donors (Lipinski definition) is 2. The minimum atomic E-state index is -0.382. The Hall–Kier alpha value is -2.37. The van der Waals surface area contributed by atoms with Crippen molar-refractivity contribution in [3.05, 3.63) is 29.8 Å². The Morgan fingerprint density at radius 2 is 1.59 bits per heavy atom. The van der Waals surface area contributed by atoms with Gasteiger partial charge in [0.1, 0.15) is 0 Å². The summed E-state index contributed by atoms with van der Waals surface area (Å²) in [4.78, 5) is 36.4. The number of amides is 2. The Morgan fingerprint density at radius 1 is 0.963 bits per heavy atom. The van der Waals surface area contributed by atoms with E-state index >= 15 is 0 Å². The van der Waals surface area contributed by atoms with Gasteiger partial charge in [-0.05, 0) is 50.5 Å². The molecule has 27 heavy (non-hydrogen) atoms. The standard InChI is InChI=1S/C21H28N2O4/c1-2-27-21(26)14-9-11-16(12-10-14)23-20(25)18-13-17(18)19(24)22-15-7-5-3-4-6-8-15/h9-12,15,17-18H,2-8,13H2,1H3,(H,22,24)(H,23,25). The summed E-state index contributed by atoms with van der Waals surface area (Å²) < 4.78 is 4.94. The summed E-state index contributed by atoms with van der Waals surface area (Å²) in [7, 11) is 0. The molecule has 2 aliphatic rings. The SMILES string of the molecule is CCOC(=O)c1ccc(NC(=O)C2CC2C(=O)NC2CCCCCC2)cc1. The highest BCUT2D eigenvalue weighted by Crippen LogP contribution is 2.39. The number of nitrogens with one attached hydrogen (secondary N) is 2. The van der Waals surface area contributed by atoms with Crippen molar-refractivity contribution >= 4 is 23.5 Å². The molecule has 2 amide bonds. The average Bonchev–Trinajstić information content (AvgIpc) is 3.47. The maximum Gasteiger partial charge on any atom is 0.338 e. The van der Waals surface area contributed by atoms with Gasteiger partial charge in [0, 0.05) is 11.7 Å². The van der Waals surface area contributed by atoms with Crippen LogP contribution in [0.3, 0.4) is 0 Å². The minimum absolute atomic E-state index is 0.0136. The minimum Gasteiger partial charge on any atom is -0.462 e. The number of carbonyl (C=O) groups is 3. The van der Waals surface area contributed by atoms with Crippen molar-refractivity contribution in [3.63, 3.8) is 0 Å². The Bertz CT molecular complexity index is 678. The molecule has 6 nitrogen and oxygen atoms in total. The first-order valence-electron chi connectivity index (χ1n) is 9.97. The van der Waals surface area contributed by atoms with Gasteiger partial charge >= 0.3 is 5.97 Å². The number of rotatable bonds is 6. The third kappa shape index (κ3) is 5.31. The predicted molar refractivity (Wildman–Crippen MR) is 102 cm³/mol. The lowest BCUT2D eigenvalue weighted by molar-refractivity contribution is -0.125. The lowest BCUT2D eigenvalue weighted by atomic mass is 10.1. The maximum atomic E-state index is 12.4. The Morgan fingerprint density at radius 3 is 2.22 bits per heavy atom. The van der Waals surface area contributed by atoms with Crippen LogP contribution in [0, 0.1) is 11.8 Å². The summed E-state index contributed by atoms with van der Waals surface area (Å²) in [6, 6.07) is 6.85.